The molecule has 0 radical (unpaired) electrons. The molecule has 0 spiro atoms. The van der Waals surface area contributed by atoms with Gasteiger partial charge in [-0.05, 0) is 19.8 Å². The van der Waals surface area contributed by atoms with Gasteiger partial charge in [0.15, 0.2) is 4.96 Å². The average Bonchev–Trinajstić information content (AvgIpc) is 2.82. The summed E-state index contributed by atoms with van der Waals surface area (Å²) in [6, 6.07) is 0.949. The average molecular weight is 250 g/mol. The Labute approximate surface area is 105 Å². The molecule has 2 unspecified atom stereocenters. The first-order chi connectivity index (χ1) is 8.22. The second-order valence-corrected chi connectivity index (χ2v) is 5.80. The van der Waals surface area contributed by atoms with Crippen LogP contribution >= 0.6 is 11.3 Å². The summed E-state index contributed by atoms with van der Waals surface area (Å²) in [5.41, 5.74) is 7.15. The lowest BCUT2D eigenvalue weighted by Gasteiger charge is -2.35. The second kappa shape index (κ2) is 4.40. The van der Waals surface area contributed by atoms with E-state index in [-0.39, 0.29) is 0 Å². The van der Waals surface area contributed by atoms with Gasteiger partial charge in [0.1, 0.15) is 0 Å². The number of nitrogens with two attached hydrogens (primary N) is 1. The van der Waals surface area contributed by atoms with Gasteiger partial charge >= 0.3 is 0 Å². The molecule has 1 aliphatic rings. The monoisotopic (exact) mass is 250 g/mol. The predicted molar refractivity (Wildman–Crippen MR) is 70.2 cm³/mol. The van der Waals surface area contributed by atoms with Crippen LogP contribution in [0.15, 0.2) is 17.8 Å². The van der Waals surface area contributed by atoms with Crippen LogP contribution in [0.5, 0.6) is 0 Å². The Balaban J connectivity index is 1.72. The third kappa shape index (κ3) is 2.22. The van der Waals surface area contributed by atoms with Crippen LogP contribution in [0.1, 0.15) is 25.5 Å². The van der Waals surface area contributed by atoms with Crippen LogP contribution in [0, 0.1) is 0 Å². The molecule has 0 aliphatic carbocycles. The molecule has 1 fully saturated rings. The number of piperidine rings is 1. The predicted octanol–water partition coefficient (Wildman–Crippen LogP) is 1.71. The quantitative estimate of drug-likeness (QED) is 0.882. The maximum Gasteiger partial charge on any atom is 0.193 e. The van der Waals surface area contributed by atoms with Gasteiger partial charge in [0, 0.05) is 42.9 Å². The molecule has 2 aromatic heterocycles. The molecule has 0 bridgehead atoms. The highest BCUT2D eigenvalue weighted by molar-refractivity contribution is 7.15. The van der Waals surface area contributed by atoms with Crippen molar-refractivity contribution < 1.29 is 0 Å². The van der Waals surface area contributed by atoms with E-state index < -0.39 is 0 Å². The summed E-state index contributed by atoms with van der Waals surface area (Å²) in [5, 5.41) is 2.06. The number of fused-ring (bicyclic) bond motifs is 1. The number of aromatic nitrogens is 2. The first-order valence-corrected chi connectivity index (χ1v) is 7.01. The Morgan fingerprint density at radius 3 is 3.24 bits per heavy atom. The minimum Gasteiger partial charge on any atom is -0.328 e. The lowest BCUT2D eigenvalue weighted by atomic mass is 9.99. The van der Waals surface area contributed by atoms with Crippen LogP contribution in [0.3, 0.4) is 0 Å². The SMILES string of the molecule is CC1CC(N)CCN1Cc1cn2ccsc2n1. The highest BCUT2D eigenvalue weighted by Crippen LogP contribution is 2.19. The minimum atomic E-state index is 0.381. The smallest absolute Gasteiger partial charge is 0.193 e. The standard InChI is InChI=1S/C12H18N4S/c1-9-6-10(13)2-3-15(9)7-11-8-16-4-5-17-12(16)14-11/h4-5,8-10H,2-3,6-7,13H2,1H3. The molecule has 1 saturated heterocycles. The van der Waals surface area contributed by atoms with Crippen molar-refractivity contribution in [3.63, 3.8) is 0 Å². The molecule has 4 nitrogen and oxygen atoms in total. The van der Waals surface area contributed by atoms with Crippen molar-refractivity contribution in [2.45, 2.75) is 38.4 Å². The topological polar surface area (TPSA) is 46.6 Å². The third-order valence-corrected chi connectivity index (χ3v) is 4.33. The van der Waals surface area contributed by atoms with Crippen molar-refractivity contribution in [2.24, 2.45) is 5.73 Å². The van der Waals surface area contributed by atoms with Gasteiger partial charge in [-0.15, -0.1) is 11.3 Å². The third-order valence-electron chi connectivity index (χ3n) is 3.56. The number of likely N-dealkylation sites (tertiary alicyclic amines) is 1. The first kappa shape index (κ1) is 11.2. The second-order valence-electron chi connectivity index (χ2n) is 4.93. The van der Waals surface area contributed by atoms with Gasteiger partial charge < -0.3 is 5.73 Å². The molecular weight excluding hydrogens is 232 g/mol. The van der Waals surface area contributed by atoms with Crippen LogP contribution in [0.25, 0.3) is 4.96 Å². The number of nitrogens with zero attached hydrogens (tertiary/aromatic N) is 3. The van der Waals surface area contributed by atoms with Crippen molar-refractivity contribution in [1.82, 2.24) is 14.3 Å². The molecule has 3 rings (SSSR count). The van der Waals surface area contributed by atoms with E-state index in [0.29, 0.717) is 12.1 Å². The van der Waals surface area contributed by atoms with E-state index >= 15 is 0 Å². The molecule has 2 N–H and O–H groups in total. The van der Waals surface area contributed by atoms with Crippen LogP contribution in [0.4, 0.5) is 0 Å². The van der Waals surface area contributed by atoms with E-state index in [9.17, 15) is 0 Å². The summed E-state index contributed by atoms with van der Waals surface area (Å²) in [4.78, 5) is 8.20. The van der Waals surface area contributed by atoms with Crippen molar-refractivity contribution >= 4 is 16.3 Å². The molecule has 92 valence electrons. The molecule has 2 aromatic rings. The summed E-state index contributed by atoms with van der Waals surface area (Å²) in [7, 11) is 0. The fourth-order valence-corrected chi connectivity index (χ4v) is 3.27. The van der Waals surface area contributed by atoms with Gasteiger partial charge in [0.25, 0.3) is 0 Å². The number of thiazole rings is 1. The summed E-state index contributed by atoms with van der Waals surface area (Å²) in [6.45, 7) is 4.30. The van der Waals surface area contributed by atoms with Crippen molar-refractivity contribution in [2.75, 3.05) is 6.54 Å². The fourth-order valence-electron chi connectivity index (χ4n) is 2.55. The lowest BCUT2D eigenvalue weighted by Crippen LogP contribution is -2.45. The van der Waals surface area contributed by atoms with Crippen LogP contribution in [-0.2, 0) is 6.54 Å². The molecule has 1 aliphatic heterocycles. The minimum absolute atomic E-state index is 0.381. The largest absolute Gasteiger partial charge is 0.328 e. The highest BCUT2D eigenvalue weighted by atomic mass is 32.1. The van der Waals surface area contributed by atoms with Crippen molar-refractivity contribution in [3.8, 4) is 0 Å². The summed E-state index contributed by atoms with van der Waals surface area (Å²) >= 11 is 1.68. The first-order valence-electron chi connectivity index (χ1n) is 6.13. The summed E-state index contributed by atoms with van der Waals surface area (Å²) in [6.07, 6.45) is 6.40. The van der Waals surface area contributed by atoms with Crippen molar-refractivity contribution in [1.29, 1.82) is 0 Å². The van der Waals surface area contributed by atoms with E-state index in [4.69, 9.17) is 5.73 Å². The van der Waals surface area contributed by atoms with Gasteiger partial charge in [0.2, 0.25) is 0 Å². The van der Waals surface area contributed by atoms with E-state index in [1.165, 1.54) is 5.69 Å². The molecule has 0 aromatic carbocycles. The zero-order valence-electron chi connectivity index (χ0n) is 10.0. The summed E-state index contributed by atoms with van der Waals surface area (Å²) < 4.78 is 2.10. The summed E-state index contributed by atoms with van der Waals surface area (Å²) in [5.74, 6) is 0. The zero-order chi connectivity index (χ0) is 11.8. The molecular formula is C12H18N4S. The molecule has 3 heterocycles. The number of hydrogen-bond acceptors (Lipinski definition) is 4. The Morgan fingerprint density at radius 2 is 2.47 bits per heavy atom. The molecule has 0 amide bonds. The van der Waals surface area contributed by atoms with Crippen LogP contribution < -0.4 is 5.73 Å². The molecule has 5 heteroatoms. The molecule has 2 atom stereocenters. The maximum atomic E-state index is 5.98. The molecule has 17 heavy (non-hydrogen) atoms. The van der Waals surface area contributed by atoms with Gasteiger partial charge in [-0.1, -0.05) is 0 Å². The van der Waals surface area contributed by atoms with Crippen LogP contribution in [-0.4, -0.2) is 32.9 Å². The van der Waals surface area contributed by atoms with Gasteiger partial charge in [0.05, 0.1) is 5.69 Å². The fraction of sp³-hybridized carbons (Fsp3) is 0.583. The van der Waals surface area contributed by atoms with E-state index in [2.05, 4.69) is 39.0 Å². The van der Waals surface area contributed by atoms with E-state index in [1.807, 2.05) is 0 Å². The van der Waals surface area contributed by atoms with E-state index in [1.54, 1.807) is 11.3 Å². The Hall–Kier alpha value is -0.910. The van der Waals surface area contributed by atoms with E-state index in [0.717, 1.165) is 30.9 Å². The maximum absolute atomic E-state index is 5.98. The normalized spacial score (nSPS) is 26.7. The van der Waals surface area contributed by atoms with Gasteiger partial charge in [-0.3, -0.25) is 9.30 Å². The lowest BCUT2D eigenvalue weighted by molar-refractivity contribution is 0.138. The zero-order valence-corrected chi connectivity index (χ0v) is 10.9. The van der Waals surface area contributed by atoms with Crippen LogP contribution in [0.2, 0.25) is 0 Å². The number of rotatable bonds is 2. The Kier molecular flexibility index (Phi) is 2.90. The van der Waals surface area contributed by atoms with Gasteiger partial charge in [-0.25, -0.2) is 4.98 Å². The Morgan fingerprint density at radius 1 is 1.59 bits per heavy atom. The Bertz CT molecular complexity index is 475. The molecule has 0 saturated carbocycles. The highest BCUT2D eigenvalue weighted by Gasteiger charge is 2.23. The number of imidazole rings is 1. The van der Waals surface area contributed by atoms with Gasteiger partial charge in [-0.2, -0.15) is 0 Å². The van der Waals surface area contributed by atoms with Crippen molar-refractivity contribution in [3.05, 3.63) is 23.5 Å². The number of hydrogen-bond donors (Lipinski definition) is 1.